The average Bonchev–Trinajstić information content (AvgIpc) is 3.18. The van der Waals surface area contributed by atoms with Crippen LogP contribution >= 0.6 is 0 Å². The van der Waals surface area contributed by atoms with Crippen molar-refractivity contribution in [3.8, 4) is 0 Å². The van der Waals surface area contributed by atoms with Crippen LogP contribution < -0.4 is 0 Å². The molecule has 0 aromatic heterocycles. The topological polar surface area (TPSA) is 38.8 Å². The van der Waals surface area contributed by atoms with Crippen LogP contribution in [0.2, 0.25) is 0 Å². The first-order chi connectivity index (χ1) is 8.81. The van der Waals surface area contributed by atoms with Crippen LogP contribution in [-0.4, -0.2) is 18.7 Å². The number of rotatable bonds is 3. The Morgan fingerprint density at radius 2 is 2.00 bits per heavy atom. The molecular weight excluding hydrogens is 228 g/mol. The van der Waals surface area contributed by atoms with Gasteiger partial charge in [-0.15, -0.1) is 0 Å². The van der Waals surface area contributed by atoms with Crippen LogP contribution in [0.15, 0.2) is 42.5 Å². The molecule has 2 unspecified atom stereocenters. The maximum Gasteiger partial charge on any atom is 0.338 e. The summed E-state index contributed by atoms with van der Waals surface area (Å²) in [4.78, 5) is 11.6. The number of carbonyl (C=O) groups excluding carboxylic acids is 1. The number of hydrogen-bond donors (Lipinski definition) is 0. The minimum atomic E-state index is -0.434. The van der Waals surface area contributed by atoms with E-state index in [2.05, 4.69) is 18.2 Å². The van der Waals surface area contributed by atoms with Gasteiger partial charge in [0.05, 0.1) is 6.61 Å². The number of ether oxygens (including phenoxy) is 2. The summed E-state index contributed by atoms with van der Waals surface area (Å²) in [5.74, 6) is -0.268. The third-order valence-electron chi connectivity index (χ3n) is 3.14. The van der Waals surface area contributed by atoms with Crippen LogP contribution in [0.4, 0.5) is 0 Å². The molecule has 18 heavy (non-hydrogen) atoms. The van der Waals surface area contributed by atoms with Crippen LogP contribution in [0.25, 0.3) is 10.8 Å². The van der Waals surface area contributed by atoms with Crippen molar-refractivity contribution in [3.63, 3.8) is 0 Å². The zero-order chi connectivity index (χ0) is 12.5. The minimum Gasteiger partial charge on any atom is -0.464 e. The van der Waals surface area contributed by atoms with Crippen molar-refractivity contribution in [2.24, 2.45) is 0 Å². The summed E-state index contributed by atoms with van der Waals surface area (Å²) >= 11 is 0. The number of epoxide rings is 1. The standard InChI is InChI=1S/C15H14O3/c1-2-17-15(16)14-13(18-14)12-9-5-7-10-6-3-4-8-11(10)12/h3-9,13-14H,2H2,1H3. The van der Waals surface area contributed by atoms with E-state index in [-0.39, 0.29) is 12.1 Å². The molecule has 1 aliphatic rings. The molecule has 2 aromatic rings. The molecule has 3 heteroatoms. The van der Waals surface area contributed by atoms with E-state index in [9.17, 15) is 4.79 Å². The van der Waals surface area contributed by atoms with E-state index in [1.165, 1.54) is 0 Å². The van der Waals surface area contributed by atoms with E-state index < -0.39 is 6.10 Å². The largest absolute Gasteiger partial charge is 0.464 e. The molecule has 0 N–H and O–H groups in total. The van der Waals surface area contributed by atoms with Crippen LogP contribution in [0.3, 0.4) is 0 Å². The fourth-order valence-electron chi connectivity index (χ4n) is 2.25. The third-order valence-corrected chi connectivity index (χ3v) is 3.14. The van der Waals surface area contributed by atoms with Crippen LogP contribution in [0.5, 0.6) is 0 Å². The van der Waals surface area contributed by atoms with Crippen molar-refractivity contribution in [2.45, 2.75) is 19.1 Å². The molecule has 0 amide bonds. The molecule has 0 spiro atoms. The first-order valence-electron chi connectivity index (χ1n) is 6.11. The maximum absolute atomic E-state index is 11.6. The van der Waals surface area contributed by atoms with Gasteiger partial charge in [0.2, 0.25) is 0 Å². The van der Waals surface area contributed by atoms with Crippen molar-refractivity contribution in [3.05, 3.63) is 48.0 Å². The molecule has 1 fully saturated rings. The lowest BCUT2D eigenvalue weighted by Gasteiger charge is -2.03. The molecule has 2 aromatic carbocycles. The second-order valence-corrected chi connectivity index (χ2v) is 4.30. The Morgan fingerprint density at radius 1 is 1.22 bits per heavy atom. The average molecular weight is 242 g/mol. The quantitative estimate of drug-likeness (QED) is 0.613. The van der Waals surface area contributed by atoms with Gasteiger partial charge in [-0.2, -0.15) is 0 Å². The van der Waals surface area contributed by atoms with Gasteiger partial charge in [-0.25, -0.2) is 4.79 Å². The lowest BCUT2D eigenvalue weighted by atomic mass is 10.0. The Labute approximate surface area is 105 Å². The molecule has 3 rings (SSSR count). The zero-order valence-corrected chi connectivity index (χ0v) is 10.1. The predicted molar refractivity (Wildman–Crippen MR) is 68.2 cm³/mol. The van der Waals surface area contributed by atoms with Crippen molar-refractivity contribution < 1.29 is 14.3 Å². The number of benzene rings is 2. The molecule has 0 saturated carbocycles. The highest BCUT2D eigenvalue weighted by atomic mass is 16.6. The van der Waals surface area contributed by atoms with Crippen molar-refractivity contribution >= 4 is 16.7 Å². The van der Waals surface area contributed by atoms with Gasteiger partial charge in [0.15, 0.2) is 6.10 Å². The first-order valence-corrected chi connectivity index (χ1v) is 6.11. The molecule has 0 aliphatic carbocycles. The molecule has 2 atom stereocenters. The molecule has 0 bridgehead atoms. The summed E-state index contributed by atoms with van der Waals surface area (Å²) < 4.78 is 10.4. The van der Waals surface area contributed by atoms with Crippen molar-refractivity contribution in [1.29, 1.82) is 0 Å². The van der Waals surface area contributed by atoms with Gasteiger partial charge in [0.1, 0.15) is 6.10 Å². The Morgan fingerprint density at radius 3 is 2.83 bits per heavy atom. The lowest BCUT2D eigenvalue weighted by Crippen LogP contribution is -2.11. The Balaban J connectivity index is 1.91. The summed E-state index contributed by atoms with van der Waals surface area (Å²) in [5.41, 5.74) is 1.06. The Hall–Kier alpha value is -1.87. The summed E-state index contributed by atoms with van der Waals surface area (Å²) in [6.07, 6.45) is -0.592. The highest BCUT2D eigenvalue weighted by molar-refractivity contribution is 5.88. The second kappa shape index (κ2) is 4.42. The first kappa shape index (κ1) is 11.2. The molecule has 1 saturated heterocycles. The van der Waals surface area contributed by atoms with Crippen molar-refractivity contribution in [1.82, 2.24) is 0 Å². The van der Waals surface area contributed by atoms with Gasteiger partial charge >= 0.3 is 5.97 Å². The third kappa shape index (κ3) is 1.87. The zero-order valence-electron chi connectivity index (χ0n) is 10.1. The van der Waals surface area contributed by atoms with Gasteiger partial charge < -0.3 is 9.47 Å². The molecule has 1 heterocycles. The second-order valence-electron chi connectivity index (χ2n) is 4.30. The van der Waals surface area contributed by atoms with E-state index in [1.54, 1.807) is 6.92 Å². The normalized spacial score (nSPS) is 21.8. The fourth-order valence-corrected chi connectivity index (χ4v) is 2.25. The van der Waals surface area contributed by atoms with E-state index in [0.29, 0.717) is 6.61 Å². The number of carbonyl (C=O) groups is 1. The van der Waals surface area contributed by atoms with Crippen LogP contribution in [0, 0.1) is 0 Å². The maximum atomic E-state index is 11.6. The van der Waals surface area contributed by atoms with E-state index in [0.717, 1.165) is 16.3 Å². The van der Waals surface area contributed by atoms with E-state index in [1.807, 2.05) is 24.3 Å². The van der Waals surface area contributed by atoms with Gasteiger partial charge in [0.25, 0.3) is 0 Å². The molecule has 0 radical (unpaired) electrons. The van der Waals surface area contributed by atoms with Gasteiger partial charge in [-0.05, 0) is 23.3 Å². The van der Waals surface area contributed by atoms with Crippen molar-refractivity contribution in [2.75, 3.05) is 6.61 Å². The van der Waals surface area contributed by atoms with Gasteiger partial charge in [0, 0.05) is 0 Å². The predicted octanol–water partition coefficient (Wildman–Crippen LogP) is 2.84. The molecule has 92 valence electrons. The van der Waals surface area contributed by atoms with Crippen LogP contribution in [-0.2, 0) is 14.3 Å². The molecule has 3 nitrogen and oxygen atoms in total. The highest BCUT2D eigenvalue weighted by Crippen LogP contribution is 2.42. The van der Waals surface area contributed by atoms with Gasteiger partial charge in [-0.1, -0.05) is 42.5 Å². The summed E-state index contributed by atoms with van der Waals surface area (Å²) in [6, 6.07) is 14.2. The fraction of sp³-hybridized carbons (Fsp3) is 0.267. The number of fused-ring (bicyclic) bond motifs is 1. The summed E-state index contributed by atoms with van der Waals surface area (Å²) in [6.45, 7) is 2.19. The highest BCUT2D eigenvalue weighted by Gasteiger charge is 2.47. The Kier molecular flexibility index (Phi) is 2.76. The van der Waals surface area contributed by atoms with E-state index >= 15 is 0 Å². The SMILES string of the molecule is CCOC(=O)C1OC1c1cccc2ccccc12. The van der Waals surface area contributed by atoms with Gasteiger partial charge in [-0.3, -0.25) is 0 Å². The molecular formula is C15H14O3. The minimum absolute atomic E-state index is 0.157. The summed E-state index contributed by atoms with van der Waals surface area (Å²) in [5, 5.41) is 2.30. The van der Waals surface area contributed by atoms with E-state index in [4.69, 9.17) is 9.47 Å². The Bertz CT molecular complexity index is 586. The summed E-state index contributed by atoms with van der Waals surface area (Å²) in [7, 11) is 0. The number of hydrogen-bond acceptors (Lipinski definition) is 3. The smallest absolute Gasteiger partial charge is 0.338 e. The monoisotopic (exact) mass is 242 g/mol. The number of esters is 1. The van der Waals surface area contributed by atoms with Crippen LogP contribution in [0.1, 0.15) is 18.6 Å². The lowest BCUT2D eigenvalue weighted by molar-refractivity contribution is -0.144. The molecule has 1 aliphatic heterocycles.